The number of aryl methyl sites for hydroxylation is 1. The first-order chi connectivity index (χ1) is 9.69. The third kappa shape index (κ3) is 2.44. The van der Waals surface area contributed by atoms with Crippen molar-refractivity contribution in [3.8, 4) is 0 Å². The van der Waals surface area contributed by atoms with Gasteiger partial charge in [0.1, 0.15) is 0 Å². The summed E-state index contributed by atoms with van der Waals surface area (Å²) in [5.41, 5.74) is 0. The van der Waals surface area contributed by atoms with E-state index in [1.807, 2.05) is 11.8 Å². The lowest BCUT2D eigenvalue weighted by atomic mass is 9.95. The van der Waals surface area contributed by atoms with Gasteiger partial charge >= 0.3 is 0 Å². The van der Waals surface area contributed by atoms with Crippen molar-refractivity contribution in [3.05, 3.63) is 11.7 Å². The second-order valence-corrected chi connectivity index (χ2v) is 5.76. The van der Waals surface area contributed by atoms with E-state index >= 15 is 0 Å². The Labute approximate surface area is 119 Å². The second kappa shape index (κ2) is 5.52. The first-order valence-electron chi connectivity index (χ1n) is 7.52. The molecule has 1 atom stereocenters. The van der Waals surface area contributed by atoms with Gasteiger partial charge in [-0.3, -0.25) is 9.69 Å². The van der Waals surface area contributed by atoms with Crippen molar-refractivity contribution in [1.29, 1.82) is 0 Å². The zero-order chi connectivity index (χ0) is 14.1. The van der Waals surface area contributed by atoms with Crippen molar-refractivity contribution in [2.45, 2.75) is 45.1 Å². The van der Waals surface area contributed by atoms with Crippen LogP contribution in [0.2, 0.25) is 0 Å². The van der Waals surface area contributed by atoms with Crippen LogP contribution in [0, 0.1) is 6.92 Å². The Kier molecular flexibility index (Phi) is 3.74. The third-order valence-corrected chi connectivity index (χ3v) is 4.39. The molecule has 6 nitrogen and oxygen atoms in total. The van der Waals surface area contributed by atoms with Crippen molar-refractivity contribution in [2.24, 2.45) is 0 Å². The number of carbonyl (C=O) groups is 1. The molecule has 2 fully saturated rings. The van der Waals surface area contributed by atoms with Gasteiger partial charge in [-0.05, 0) is 32.9 Å². The largest absolute Gasteiger partial charge is 0.340 e. The molecule has 1 unspecified atom stereocenters. The molecule has 0 bridgehead atoms. The fraction of sp³-hybridized carbons (Fsp3) is 0.786. The topological polar surface area (TPSA) is 62.5 Å². The van der Waals surface area contributed by atoms with Gasteiger partial charge in [0.25, 0.3) is 0 Å². The van der Waals surface area contributed by atoms with Crippen LogP contribution in [0.25, 0.3) is 0 Å². The molecule has 0 radical (unpaired) electrons. The Hall–Kier alpha value is -1.43. The molecule has 20 heavy (non-hydrogen) atoms. The summed E-state index contributed by atoms with van der Waals surface area (Å²) in [5, 5.41) is 3.81. The van der Waals surface area contributed by atoms with Crippen LogP contribution in [0.5, 0.6) is 0 Å². The van der Waals surface area contributed by atoms with Crippen LogP contribution >= 0.6 is 0 Å². The van der Waals surface area contributed by atoms with Crippen molar-refractivity contribution in [3.63, 3.8) is 0 Å². The lowest BCUT2D eigenvalue weighted by Crippen LogP contribution is -2.57. The predicted octanol–water partition coefficient (Wildman–Crippen LogP) is 1.18. The van der Waals surface area contributed by atoms with Crippen LogP contribution in [0.4, 0.5) is 0 Å². The van der Waals surface area contributed by atoms with Crippen LogP contribution in [0.15, 0.2) is 4.52 Å². The summed E-state index contributed by atoms with van der Waals surface area (Å²) >= 11 is 0. The number of rotatable bonds is 3. The minimum Gasteiger partial charge on any atom is -0.340 e. The first-order valence-corrected chi connectivity index (χ1v) is 7.52. The van der Waals surface area contributed by atoms with Crippen LogP contribution in [0.3, 0.4) is 0 Å². The van der Waals surface area contributed by atoms with Crippen molar-refractivity contribution >= 4 is 5.91 Å². The molecule has 3 rings (SSSR count). The summed E-state index contributed by atoms with van der Waals surface area (Å²) < 4.78 is 5.17. The van der Waals surface area contributed by atoms with Crippen LogP contribution in [-0.4, -0.2) is 58.1 Å². The summed E-state index contributed by atoms with van der Waals surface area (Å²) in [6.07, 6.45) is 3.36. The molecule has 2 aliphatic rings. The standard InChI is InChI=1S/C14H22N4O2/c1-3-17-7-5-4-6-12(17)14(19)18-8-11(9-18)13-15-10(2)16-20-13/h11-12H,3-9H2,1-2H3. The van der Waals surface area contributed by atoms with E-state index in [0.29, 0.717) is 24.8 Å². The van der Waals surface area contributed by atoms with Gasteiger partial charge in [0.05, 0.1) is 12.0 Å². The molecule has 110 valence electrons. The average Bonchev–Trinajstić information content (AvgIpc) is 2.83. The molecule has 3 heterocycles. The molecule has 1 aromatic rings. The van der Waals surface area contributed by atoms with E-state index in [9.17, 15) is 4.79 Å². The fourth-order valence-corrected chi connectivity index (χ4v) is 3.15. The quantitative estimate of drug-likeness (QED) is 0.830. The molecule has 0 spiro atoms. The predicted molar refractivity (Wildman–Crippen MR) is 73.2 cm³/mol. The smallest absolute Gasteiger partial charge is 0.239 e. The summed E-state index contributed by atoms with van der Waals surface area (Å²) in [7, 11) is 0. The Morgan fingerprint density at radius 2 is 2.20 bits per heavy atom. The van der Waals surface area contributed by atoms with E-state index in [2.05, 4.69) is 22.0 Å². The van der Waals surface area contributed by atoms with Gasteiger partial charge in [-0.1, -0.05) is 18.5 Å². The molecule has 2 aliphatic heterocycles. The number of hydrogen-bond donors (Lipinski definition) is 0. The van der Waals surface area contributed by atoms with Crippen molar-refractivity contribution in [1.82, 2.24) is 19.9 Å². The van der Waals surface area contributed by atoms with E-state index < -0.39 is 0 Å². The van der Waals surface area contributed by atoms with Crippen LogP contribution in [-0.2, 0) is 4.79 Å². The minimum atomic E-state index is 0.0825. The lowest BCUT2D eigenvalue weighted by molar-refractivity contribution is -0.143. The zero-order valence-electron chi connectivity index (χ0n) is 12.2. The van der Waals surface area contributed by atoms with E-state index in [0.717, 1.165) is 25.9 Å². The van der Waals surface area contributed by atoms with Gasteiger partial charge in [-0.2, -0.15) is 4.98 Å². The molecule has 1 aromatic heterocycles. The molecule has 6 heteroatoms. The third-order valence-electron chi connectivity index (χ3n) is 4.39. The molecule has 0 aliphatic carbocycles. The van der Waals surface area contributed by atoms with E-state index in [1.54, 1.807) is 0 Å². The fourth-order valence-electron chi connectivity index (χ4n) is 3.15. The first kappa shape index (κ1) is 13.5. The van der Waals surface area contributed by atoms with Gasteiger partial charge in [-0.15, -0.1) is 0 Å². The Bertz CT molecular complexity index is 481. The summed E-state index contributed by atoms with van der Waals surface area (Å²) in [5.74, 6) is 1.83. The maximum Gasteiger partial charge on any atom is 0.239 e. The van der Waals surface area contributed by atoms with E-state index in [-0.39, 0.29) is 17.9 Å². The highest BCUT2D eigenvalue weighted by atomic mass is 16.5. The van der Waals surface area contributed by atoms with Crippen LogP contribution in [0.1, 0.15) is 43.8 Å². The molecule has 0 aromatic carbocycles. The van der Waals surface area contributed by atoms with Crippen molar-refractivity contribution < 1.29 is 9.32 Å². The van der Waals surface area contributed by atoms with E-state index in [4.69, 9.17) is 4.52 Å². The highest BCUT2D eigenvalue weighted by molar-refractivity contribution is 5.83. The number of amides is 1. The van der Waals surface area contributed by atoms with Gasteiger partial charge in [0.15, 0.2) is 5.82 Å². The SMILES string of the molecule is CCN1CCCCC1C(=O)N1CC(c2nc(C)no2)C1. The van der Waals surface area contributed by atoms with Crippen LogP contribution < -0.4 is 0 Å². The van der Waals surface area contributed by atoms with Gasteiger partial charge in [0, 0.05) is 13.1 Å². The highest BCUT2D eigenvalue weighted by Gasteiger charge is 2.39. The molecule has 1 amide bonds. The van der Waals surface area contributed by atoms with Gasteiger partial charge < -0.3 is 9.42 Å². The maximum atomic E-state index is 12.5. The summed E-state index contributed by atoms with van der Waals surface area (Å²) in [4.78, 5) is 21.0. The monoisotopic (exact) mass is 278 g/mol. The highest BCUT2D eigenvalue weighted by Crippen LogP contribution is 2.28. The molecule has 0 N–H and O–H groups in total. The average molecular weight is 278 g/mol. The Balaban J connectivity index is 1.57. The number of carbonyl (C=O) groups excluding carboxylic acids is 1. The number of likely N-dealkylation sites (tertiary alicyclic amines) is 2. The van der Waals surface area contributed by atoms with Crippen molar-refractivity contribution in [2.75, 3.05) is 26.2 Å². The number of piperidine rings is 1. The van der Waals surface area contributed by atoms with E-state index in [1.165, 1.54) is 6.42 Å². The maximum absolute atomic E-state index is 12.5. The normalized spacial score (nSPS) is 24.7. The summed E-state index contributed by atoms with van der Waals surface area (Å²) in [6.45, 7) is 7.38. The van der Waals surface area contributed by atoms with Gasteiger partial charge in [0.2, 0.25) is 11.8 Å². The Morgan fingerprint density at radius 1 is 1.40 bits per heavy atom. The number of likely N-dealkylation sites (N-methyl/N-ethyl adjacent to an activating group) is 1. The Morgan fingerprint density at radius 3 is 2.85 bits per heavy atom. The zero-order valence-corrected chi connectivity index (χ0v) is 12.2. The number of aromatic nitrogens is 2. The summed E-state index contributed by atoms with van der Waals surface area (Å²) in [6, 6.07) is 0.0825. The number of hydrogen-bond acceptors (Lipinski definition) is 5. The second-order valence-electron chi connectivity index (χ2n) is 5.76. The molecular formula is C14H22N4O2. The van der Waals surface area contributed by atoms with Gasteiger partial charge in [-0.25, -0.2) is 0 Å². The minimum absolute atomic E-state index is 0.0825. The molecular weight excluding hydrogens is 256 g/mol. The molecule has 0 saturated carbocycles. The number of nitrogens with zero attached hydrogens (tertiary/aromatic N) is 4. The lowest BCUT2D eigenvalue weighted by Gasteiger charge is -2.43. The molecule has 2 saturated heterocycles.